The van der Waals surface area contributed by atoms with Crippen molar-refractivity contribution in [2.24, 2.45) is 5.73 Å². The van der Waals surface area contributed by atoms with E-state index in [1.54, 1.807) is 0 Å². The number of hydrogen-bond acceptors (Lipinski definition) is 2. The second-order valence-electron chi connectivity index (χ2n) is 4.14. The zero-order chi connectivity index (χ0) is 14.9. The number of hydrogen-bond donors (Lipinski definition) is 1. The fourth-order valence-corrected chi connectivity index (χ4v) is 1.83. The molecule has 6 heteroatoms. The average molecular weight is 285 g/mol. The van der Waals surface area contributed by atoms with Crippen LogP contribution in [-0.2, 0) is 0 Å². The monoisotopic (exact) mass is 285 g/mol. The summed E-state index contributed by atoms with van der Waals surface area (Å²) >= 11 is 0. The van der Waals surface area contributed by atoms with Crippen LogP contribution in [0, 0.1) is 23.3 Å². The van der Waals surface area contributed by atoms with Crippen molar-refractivity contribution in [3.8, 4) is 5.75 Å². The highest BCUT2D eigenvalue weighted by Crippen LogP contribution is 2.28. The van der Waals surface area contributed by atoms with Gasteiger partial charge in [0.25, 0.3) is 0 Å². The molecule has 1 unspecified atom stereocenters. The zero-order valence-corrected chi connectivity index (χ0v) is 10.5. The van der Waals surface area contributed by atoms with Gasteiger partial charge in [0.05, 0.1) is 13.2 Å². The van der Waals surface area contributed by atoms with Crippen LogP contribution in [0.25, 0.3) is 0 Å². The van der Waals surface area contributed by atoms with Gasteiger partial charge in [-0.2, -0.15) is 0 Å². The van der Waals surface area contributed by atoms with E-state index in [9.17, 15) is 17.6 Å². The number of rotatable bonds is 3. The van der Waals surface area contributed by atoms with E-state index >= 15 is 0 Å². The summed E-state index contributed by atoms with van der Waals surface area (Å²) < 4.78 is 57.8. The van der Waals surface area contributed by atoms with Crippen LogP contribution in [0.5, 0.6) is 5.75 Å². The van der Waals surface area contributed by atoms with E-state index in [1.807, 2.05) is 0 Å². The van der Waals surface area contributed by atoms with Crippen LogP contribution in [0.1, 0.15) is 17.2 Å². The van der Waals surface area contributed by atoms with Crippen molar-refractivity contribution in [1.29, 1.82) is 0 Å². The molecule has 2 aromatic rings. The minimum absolute atomic E-state index is 0.0686. The first-order valence-corrected chi connectivity index (χ1v) is 5.68. The fraction of sp³-hybridized carbons (Fsp3) is 0.143. The molecule has 20 heavy (non-hydrogen) atoms. The Hall–Kier alpha value is -2.08. The maximum absolute atomic E-state index is 13.7. The van der Waals surface area contributed by atoms with Crippen LogP contribution in [0.3, 0.4) is 0 Å². The van der Waals surface area contributed by atoms with Crippen molar-refractivity contribution in [3.05, 3.63) is 64.7 Å². The Morgan fingerprint density at radius 3 is 2.25 bits per heavy atom. The number of halogens is 4. The van der Waals surface area contributed by atoms with Gasteiger partial charge in [0, 0.05) is 5.56 Å². The van der Waals surface area contributed by atoms with Crippen molar-refractivity contribution < 1.29 is 22.3 Å². The SMILES string of the molecule is COc1cc(C(N)c2ccc(F)c(F)c2F)ccc1F. The molecule has 0 aliphatic rings. The number of ether oxygens (including phenoxy) is 1. The van der Waals surface area contributed by atoms with Gasteiger partial charge in [-0.05, 0) is 23.8 Å². The average Bonchev–Trinajstić information content (AvgIpc) is 2.45. The standard InChI is InChI=1S/C14H11F4NO/c1-20-11-6-7(2-4-9(11)15)14(19)8-3-5-10(16)13(18)12(8)17/h2-6,14H,19H2,1H3. The topological polar surface area (TPSA) is 35.2 Å². The van der Waals surface area contributed by atoms with Crippen LogP contribution in [-0.4, -0.2) is 7.11 Å². The van der Waals surface area contributed by atoms with Gasteiger partial charge < -0.3 is 10.5 Å². The lowest BCUT2D eigenvalue weighted by Crippen LogP contribution is -2.15. The van der Waals surface area contributed by atoms with Crippen LogP contribution in [0.4, 0.5) is 17.6 Å². The molecule has 106 valence electrons. The van der Waals surface area contributed by atoms with E-state index in [0.29, 0.717) is 5.56 Å². The molecular formula is C14H11F4NO. The second-order valence-corrected chi connectivity index (χ2v) is 4.14. The van der Waals surface area contributed by atoms with E-state index in [4.69, 9.17) is 10.5 Å². The first-order chi connectivity index (χ1) is 9.45. The van der Waals surface area contributed by atoms with E-state index in [-0.39, 0.29) is 11.3 Å². The molecule has 2 nitrogen and oxygen atoms in total. The molecule has 0 saturated heterocycles. The third kappa shape index (κ3) is 2.46. The minimum Gasteiger partial charge on any atom is -0.494 e. The Morgan fingerprint density at radius 1 is 0.950 bits per heavy atom. The molecule has 1 atom stereocenters. The number of benzene rings is 2. The van der Waals surface area contributed by atoms with E-state index in [2.05, 4.69) is 0 Å². The normalized spacial score (nSPS) is 12.3. The lowest BCUT2D eigenvalue weighted by atomic mass is 9.98. The van der Waals surface area contributed by atoms with Crippen molar-refractivity contribution in [1.82, 2.24) is 0 Å². The Morgan fingerprint density at radius 2 is 1.60 bits per heavy atom. The van der Waals surface area contributed by atoms with Gasteiger partial charge in [0.2, 0.25) is 0 Å². The summed E-state index contributed by atoms with van der Waals surface area (Å²) in [6.07, 6.45) is 0. The zero-order valence-electron chi connectivity index (χ0n) is 10.5. The van der Waals surface area contributed by atoms with Gasteiger partial charge in [-0.15, -0.1) is 0 Å². The molecule has 0 aliphatic carbocycles. The van der Waals surface area contributed by atoms with Crippen LogP contribution >= 0.6 is 0 Å². The lowest BCUT2D eigenvalue weighted by molar-refractivity contribution is 0.385. The summed E-state index contributed by atoms with van der Waals surface area (Å²) in [7, 11) is 1.27. The highest BCUT2D eigenvalue weighted by atomic mass is 19.2. The fourth-order valence-electron chi connectivity index (χ4n) is 1.83. The number of nitrogens with two attached hydrogens (primary N) is 1. The highest BCUT2D eigenvalue weighted by Gasteiger charge is 2.20. The van der Waals surface area contributed by atoms with Gasteiger partial charge in [-0.25, -0.2) is 17.6 Å². The third-order valence-electron chi connectivity index (χ3n) is 2.93. The highest BCUT2D eigenvalue weighted by molar-refractivity contribution is 5.38. The summed E-state index contributed by atoms with van der Waals surface area (Å²) in [5.41, 5.74) is 5.89. The predicted octanol–water partition coefficient (Wildman–Crippen LogP) is 3.30. The van der Waals surface area contributed by atoms with Gasteiger partial charge in [0.15, 0.2) is 29.0 Å². The quantitative estimate of drug-likeness (QED) is 0.693. The summed E-state index contributed by atoms with van der Waals surface area (Å²) in [6, 6.07) is 4.47. The van der Waals surface area contributed by atoms with Crippen LogP contribution in [0.15, 0.2) is 30.3 Å². The van der Waals surface area contributed by atoms with Gasteiger partial charge in [-0.1, -0.05) is 12.1 Å². The van der Waals surface area contributed by atoms with Crippen molar-refractivity contribution in [3.63, 3.8) is 0 Å². The molecule has 0 fully saturated rings. The van der Waals surface area contributed by atoms with Gasteiger partial charge in [0.1, 0.15) is 0 Å². The molecule has 2 N–H and O–H groups in total. The Kier molecular flexibility index (Phi) is 3.94. The van der Waals surface area contributed by atoms with E-state index in [0.717, 1.165) is 18.2 Å². The molecule has 2 rings (SSSR count). The van der Waals surface area contributed by atoms with Crippen molar-refractivity contribution >= 4 is 0 Å². The summed E-state index contributed by atoms with van der Waals surface area (Å²) in [5, 5.41) is 0. The molecule has 0 amide bonds. The predicted molar refractivity (Wildman–Crippen MR) is 65.3 cm³/mol. The molecule has 0 bridgehead atoms. The molecule has 0 aliphatic heterocycles. The lowest BCUT2D eigenvalue weighted by Gasteiger charge is -2.15. The summed E-state index contributed by atoms with van der Waals surface area (Å²) in [4.78, 5) is 0. The van der Waals surface area contributed by atoms with Crippen molar-refractivity contribution in [2.75, 3.05) is 7.11 Å². The molecular weight excluding hydrogens is 274 g/mol. The van der Waals surface area contributed by atoms with Crippen molar-refractivity contribution in [2.45, 2.75) is 6.04 Å². The number of methoxy groups -OCH3 is 1. The maximum atomic E-state index is 13.7. The smallest absolute Gasteiger partial charge is 0.194 e. The first kappa shape index (κ1) is 14.3. The Bertz CT molecular complexity index is 645. The molecule has 2 aromatic carbocycles. The largest absolute Gasteiger partial charge is 0.494 e. The summed E-state index contributed by atoms with van der Waals surface area (Å²) in [5.74, 6) is -4.92. The summed E-state index contributed by atoms with van der Waals surface area (Å²) in [6.45, 7) is 0. The van der Waals surface area contributed by atoms with E-state index < -0.39 is 29.3 Å². The molecule has 0 radical (unpaired) electrons. The molecule has 0 aromatic heterocycles. The molecule has 0 saturated carbocycles. The van der Waals surface area contributed by atoms with E-state index in [1.165, 1.54) is 19.2 Å². The Balaban J connectivity index is 2.46. The molecule has 0 spiro atoms. The van der Waals surface area contributed by atoms with Crippen LogP contribution in [0.2, 0.25) is 0 Å². The van der Waals surface area contributed by atoms with Gasteiger partial charge >= 0.3 is 0 Å². The van der Waals surface area contributed by atoms with Gasteiger partial charge in [-0.3, -0.25) is 0 Å². The minimum atomic E-state index is -1.59. The third-order valence-corrected chi connectivity index (χ3v) is 2.93. The molecule has 0 heterocycles. The Labute approximate surface area is 112 Å². The van der Waals surface area contributed by atoms with Crippen LogP contribution < -0.4 is 10.5 Å². The first-order valence-electron chi connectivity index (χ1n) is 5.68. The second kappa shape index (κ2) is 5.50. The maximum Gasteiger partial charge on any atom is 0.194 e.